The lowest BCUT2D eigenvalue weighted by molar-refractivity contribution is 0.0666. The normalized spacial score (nSPS) is 22.1. The summed E-state index contributed by atoms with van der Waals surface area (Å²) in [5, 5.41) is 0.481. The van der Waals surface area contributed by atoms with Gasteiger partial charge in [-0.1, -0.05) is 54.1 Å². The van der Waals surface area contributed by atoms with Gasteiger partial charge < -0.3 is 4.90 Å². The van der Waals surface area contributed by atoms with E-state index in [1.165, 1.54) is 12.1 Å². The Hall–Kier alpha value is -4.42. The van der Waals surface area contributed by atoms with E-state index in [1.54, 1.807) is 91.3 Å². The Kier molecular flexibility index (Phi) is 5.19. The highest BCUT2D eigenvalue weighted by Gasteiger charge is 2.71. The Balaban J connectivity index is 1.54. The third-order valence-electron chi connectivity index (χ3n) is 8.21. The van der Waals surface area contributed by atoms with Gasteiger partial charge in [0.2, 0.25) is 0 Å². The molecule has 0 bridgehead atoms. The van der Waals surface area contributed by atoms with Crippen molar-refractivity contribution in [2.75, 3.05) is 4.90 Å². The molecule has 3 atom stereocenters. The fraction of sp³-hybridized carbons (Fsp3) is 0.125. The molecule has 2 aliphatic heterocycles. The summed E-state index contributed by atoms with van der Waals surface area (Å²) in [6.07, 6.45) is 6.73. The molecule has 0 saturated carbocycles. The highest BCUT2D eigenvalue weighted by Crippen LogP contribution is 2.60. The average molecular weight is 535 g/mol. The molecule has 0 unspecified atom stereocenters. The summed E-state index contributed by atoms with van der Waals surface area (Å²) in [7, 11) is 0. The zero-order valence-electron chi connectivity index (χ0n) is 20.4. The molecule has 0 N–H and O–H groups in total. The maximum absolute atomic E-state index is 14.5. The van der Waals surface area contributed by atoms with Crippen LogP contribution in [0.4, 0.5) is 10.1 Å². The third kappa shape index (κ3) is 3.18. The molecule has 1 spiro atoms. The van der Waals surface area contributed by atoms with Crippen molar-refractivity contribution in [2.45, 2.75) is 18.0 Å². The van der Waals surface area contributed by atoms with E-state index in [0.717, 1.165) is 0 Å². The summed E-state index contributed by atoms with van der Waals surface area (Å²) >= 11 is 6.12. The van der Waals surface area contributed by atoms with Crippen LogP contribution in [0, 0.1) is 11.2 Å². The number of ketones is 3. The van der Waals surface area contributed by atoms with Crippen LogP contribution in [0.2, 0.25) is 5.02 Å². The number of fused-ring (bicyclic) bond motifs is 5. The van der Waals surface area contributed by atoms with Crippen molar-refractivity contribution < 1.29 is 18.8 Å². The number of pyridine rings is 1. The number of aromatic nitrogens is 1. The van der Waals surface area contributed by atoms with Crippen molar-refractivity contribution in [3.63, 3.8) is 0 Å². The Morgan fingerprint density at radius 1 is 0.923 bits per heavy atom. The van der Waals surface area contributed by atoms with Crippen molar-refractivity contribution in [1.82, 2.24) is 4.98 Å². The first-order valence-corrected chi connectivity index (χ1v) is 12.9. The van der Waals surface area contributed by atoms with E-state index < -0.39 is 29.2 Å². The molecule has 1 fully saturated rings. The fourth-order valence-electron chi connectivity index (χ4n) is 6.67. The quantitative estimate of drug-likeness (QED) is 0.231. The van der Waals surface area contributed by atoms with Gasteiger partial charge in [-0.25, -0.2) is 4.39 Å². The van der Waals surface area contributed by atoms with Gasteiger partial charge in [0.1, 0.15) is 17.3 Å². The topological polar surface area (TPSA) is 67.3 Å². The zero-order valence-corrected chi connectivity index (χ0v) is 21.2. The lowest BCUT2D eigenvalue weighted by Crippen LogP contribution is -2.48. The van der Waals surface area contributed by atoms with Crippen molar-refractivity contribution in [3.8, 4) is 0 Å². The molecule has 4 aromatic rings. The van der Waals surface area contributed by atoms with Crippen LogP contribution >= 0.6 is 11.6 Å². The minimum Gasteiger partial charge on any atom is -0.352 e. The van der Waals surface area contributed by atoms with Crippen LogP contribution in [0.5, 0.6) is 0 Å². The Morgan fingerprint density at radius 3 is 2.31 bits per heavy atom. The van der Waals surface area contributed by atoms with Crippen LogP contribution in [0.3, 0.4) is 0 Å². The second kappa shape index (κ2) is 8.55. The van der Waals surface area contributed by atoms with E-state index in [-0.39, 0.29) is 17.3 Å². The van der Waals surface area contributed by atoms with Crippen LogP contribution in [-0.4, -0.2) is 34.4 Å². The molecule has 3 heterocycles. The molecule has 39 heavy (non-hydrogen) atoms. The van der Waals surface area contributed by atoms with Crippen LogP contribution in [0.15, 0.2) is 97.3 Å². The molecule has 3 aliphatic rings. The molecule has 7 rings (SSSR count). The number of hydrogen-bond donors (Lipinski definition) is 0. The maximum Gasteiger partial charge on any atom is 0.185 e. The van der Waals surface area contributed by atoms with Crippen LogP contribution in [0.1, 0.15) is 48.1 Å². The minimum atomic E-state index is -1.62. The monoisotopic (exact) mass is 534 g/mol. The Labute approximate surface area is 228 Å². The van der Waals surface area contributed by atoms with Crippen LogP contribution in [-0.2, 0) is 0 Å². The molecular weight excluding hydrogens is 515 g/mol. The molecule has 7 heteroatoms. The molecule has 190 valence electrons. The highest BCUT2D eigenvalue weighted by atomic mass is 35.5. The number of Topliss-reactive ketones (excluding diaryl/α,β-unsaturated/α-hetero) is 3. The molecule has 1 aromatic heterocycles. The number of halogens is 2. The predicted octanol–water partition coefficient (Wildman–Crippen LogP) is 6.19. The highest BCUT2D eigenvalue weighted by molar-refractivity contribution is 6.32. The SMILES string of the molecule is O=C(c1ccc(Cl)cc1)[C@H]1[C@H](c2cccnc2)C2(C(=O)c3ccccc3C2=O)[C@@H]2C=Cc3cc(F)ccc3N21. The molecule has 0 amide bonds. The van der Waals surface area contributed by atoms with Gasteiger partial charge in [-0.05, 0) is 54.1 Å². The average Bonchev–Trinajstić information content (AvgIpc) is 3.39. The van der Waals surface area contributed by atoms with E-state index in [4.69, 9.17) is 11.6 Å². The lowest BCUT2D eigenvalue weighted by Gasteiger charge is -2.37. The van der Waals surface area contributed by atoms with Crippen molar-refractivity contribution in [1.29, 1.82) is 0 Å². The van der Waals surface area contributed by atoms with Gasteiger partial charge in [-0.2, -0.15) is 0 Å². The van der Waals surface area contributed by atoms with Crippen LogP contribution < -0.4 is 4.90 Å². The van der Waals surface area contributed by atoms with Crippen LogP contribution in [0.25, 0.3) is 6.08 Å². The van der Waals surface area contributed by atoms with Crippen molar-refractivity contribution in [2.24, 2.45) is 5.41 Å². The van der Waals surface area contributed by atoms with E-state index in [1.807, 2.05) is 4.90 Å². The summed E-state index contributed by atoms with van der Waals surface area (Å²) in [5.74, 6) is -2.21. The van der Waals surface area contributed by atoms with Gasteiger partial charge in [-0.15, -0.1) is 0 Å². The van der Waals surface area contributed by atoms with Gasteiger partial charge in [0.15, 0.2) is 17.3 Å². The summed E-state index contributed by atoms with van der Waals surface area (Å²) in [6, 6.07) is 19.5. The third-order valence-corrected chi connectivity index (χ3v) is 8.46. The first kappa shape index (κ1) is 23.7. The number of rotatable bonds is 3. The Bertz CT molecular complexity index is 1680. The number of hydrogen-bond acceptors (Lipinski definition) is 5. The zero-order chi connectivity index (χ0) is 26.9. The Morgan fingerprint density at radius 2 is 1.64 bits per heavy atom. The summed E-state index contributed by atoms with van der Waals surface area (Å²) < 4.78 is 14.3. The standard InChI is InChI=1S/C32H20ClFN2O3/c33-21-10-7-18(8-11-21)29(37)28-27(20-4-3-15-35-17-20)32(30(38)23-5-1-2-6-24(23)31(32)39)26-14-9-19-16-22(34)12-13-25(19)36(26)28/h1-17,26-28H/t26-,27-,28+/m0/s1. The first-order chi connectivity index (χ1) is 18.9. The van der Waals surface area contributed by atoms with Gasteiger partial charge in [0.25, 0.3) is 0 Å². The van der Waals surface area contributed by atoms with E-state index in [0.29, 0.717) is 38.5 Å². The second-order valence-corrected chi connectivity index (χ2v) is 10.5. The van der Waals surface area contributed by atoms with Gasteiger partial charge in [0.05, 0.1) is 6.04 Å². The summed E-state index contributed by atoms with van der Waals surface area (Å²) in [4.78, 5) is 49.6. The van der Waals surface area contributed by atoms with E-state index >= 15 is 0 Å². The van der Waals surface area contributed by atoms with E-state index in [9.17, 15) is 18.8 Å². The van der Waals surface area contributed by atoms with Crippen molar-refractivity contribution in [3.05, 3.63) is 136 Å². The molecule has 1 aliphatic carbocycles. The summed E-state index contributed by atoms with van der Waals surface area (Å²) in [6.45, 7) is 0. The predicted molar refractivity (Wildman–Crippen MR) is 146 cm³/mol. The van der Waals surface area contributed by atoms with E-state index in [2.05, 4.69) is 4.98 Å². The molecule has 0 radical (unpaired) electrons. The smallest absolute Gasteiger partial charge is 0.185 e. The van der Waals surface area contributed by atoms with Gasteiger partial charge in [-0.3, -0.25) is 19.4 Å². The van der Waals surface area contributed by atoms with Gasteiger partial charge in [0, 0.05) is 51.3 Å². The summed E-state index contributed by atoms with van der Waals surface area (Å²) in [5.41, 5.74) is 1.20. The van der Waals surface area contributed by atoms with Gasteiger partial charge >= 0.3 is 0 Å². The number of nitrogens with zero attached hydrogens (tertiary/aromatic N) is 2. The fourth-order valence-corrected chi connectivity index (χ4v) is 6.79. The number of carbonyl (C=O) groups excluding carboxylic acids is 3. The molecular formula is C32H20ClFN2O3. The van der Waals surface area contributed by atoms with Crippen molar-refractivity contribution >= 4 is 40.7 Å². The molecule has 5 nitrogen and oxygen atoms in total. The second-order valence-electron chi connectivity index (χ2n) is 10.1. The first-order valence-electron chi connectivity index (χ1n) is 12.6. The number of anilines is 1. The minimum absolute atomic E-state index is 0.274. The molecule has 3 aromatic carbocycles. The maximum atomic E-state index is 14.5. The lowest BCUT2D eigenvalue weighted by atomic mass is 9.64. The number of carbonyl (C=O) groups is 3. The molecule has 1 saturated heterocycles. The largest absolute Gasteiger partial charge is 0.352 e. The number of benzene rings is 3.